The van der Waals surface area contributed by atoms with Gasteiger partial charge in [-0.2, -0.15) is 0 Å². The number of ether oxygens (including phenoxy) is 1. The number of ketones is 2. The number of hydrogen-bond donors (Lipinski definition) is 0. The number of allylic oxidation sites excluding steroid dienone is 2. The van der Waals surface area contributed by atoms with E-state index in [0.717, 1.165) is 12.8 Å². The van der Waals surface area contributed by atoms with Crippen LogP contribution < -0.4 is 9.64 Å². The molecule has 0 N–H and O–H groups in total. The summed E-state index contributed by atoms with van der Waals surface area (Å²) in [5.41, 5.74) is 0.781. The number of hydrogen-bond acceptors (Lipinski definition) is 4. The van der Waals surface area contributed by atoms with Gasteiger partial charge in [-0.15, -0.1) is 0 Å². The first-order valence-electron chi connectivity index (χ1n) is 9.07. The second kappa shape index (κ2) is 8.40. The van der Waals surface area contributed by atoms with Crippen LogP contribution in [0.25, 0.3) is 0 Å². The number of unbranched alkanes of at least 4 members (excludes halogenated alkanes) is 1. The Bertz CT molecular complexity index is 963. The van der Waals surface area contributed by atoms with Crippen LogP contribution in [-0.2, 0) is 4.79 Å². The number of carbonyl (C=O) groups is 3. The molecule has 0 spiro atoms. The molecule has 3 rings (SSSR count). The van der Waals surface area contributed by atoms with Gasteiger partial charge in [0.2, 0.25) is 17.5 Å². The Morgan fingerprint density at radius 3 is 2.18 bits per heavy atom. The van der Waals surface area contributed by atoms with E-state index in [9.17, 15) is 14.4 Å². The highest BCUT2D eigenvalue weighted by molar-refractivity contribution is 6.50. The van der Waals surface area contributed by atoms with Crippen molar-refractivity contribution in [2.45, 2.75) is 26.7 Å². The molecular weight excluding hydrogens is 378 g/mol. The molecule has 0 aromatic heterocycles. The molecule has 2 aromatic carbocycles. The molecule has 2 aromatic rings. The van der Waals surface area contributed by atoms with Crippen LogP contribution >= 0.6 is 11.6 Å². The van der Waals surface area contributed by atoms with E-state index >= 15 is 0 Å². The first-order valence-corrected chi connectivity index (χ1v) is 9.45. The zero-order valence-corrected chi connectivity index (χ0v) is 16.5. The van der Waals surface area contributed by atoms with Crippen LogP contribution in [0, 0.1) is 0 Å². The summed E-state index contributed by atoms with van der Waals surface area (Å²) in [4.78, 5) is 39.2. The molecule has 1 amide bonds. The number of amides is 1. The van der Waals surface area contributed by atoms with Gasteiger partial charge in [-0.1, -0.05) is 49.2 Å². The predicted octanol–water partition coefficient (Wildman–Crippen LogP) is 4.75. The molecule has 0 atom stereocenters. The molecule has 0 aliphatic heterocycles. The Balaban J connectivity index is 1.99. The van der Waals surface area contributed by atoms with Gasteiger partial charge in [0.05, 0.1) is 6.61 Å². The zero-order valence-electron chi connectivity index (χ0n) is 15.7. The monoisotopic (exact) mass is 397 g/mol. The largest absolute Gasteiger partial charge is 0.494 e. The number of nitrogens with zero attached hydrogens (tertiary/aromatic N) is 1. The number of carbonyl (C=O) groups excluding carboxylic acids is 3. The molecule has 0 fully saturated rings. The lowest BCUT2D eigenvalue weighted by atomic mass is 9.91. The lowest BCUT2D eigenvalue weighted by Crippen LogP contribution is -2.36. The van der Waals surface area contributed by atoms with Crippen molar-refractivity contribution < 1.29 is 19.1 Å². The first-order chi connectivity index (χ1) is 13.5. The van der Waals surface area contributed by atoms with E-state index in [2.05, 4.69) is 6.92 Å². The molecule has 0 saturated carbocycles. The van der Waals surface area contributed by atoms with Crippen molar-refractivity contribution in [2.75, 3.05) is 11.5 Å². The summed E-state index contributed by atoms with van der Waals surface area (Å²) in [7, 11) is 0. The smallest absolute Gasteiger partial charge is 0.228 e. The predicted molar refractivity (Wildman–Crippen MR) is 108 cm³/mol. The highest BCUT2D eigenvalue weighted by atomic mass is 35.5. The second-order valence-electron chi connectivity index (χ2n) is 6.42. The summed E-state index contributed by atoms with van der Waals surface area (Å²) >= 11 is 6.25. The van der Waals surface area contributed by atoms with E-state index in [1.165, 1.54) is 11.8 Å². The highest BCUT2D eigenvalue weighted by Crippen LogP contribution is 2.33. The zero-order chi connectivity index (χ0) is 20.3. The Morgan fingerprint density at radius 1 is 1.00 bits per heavy atom. The van der Waals surface area contributed by atoms with E-state index in [-0.39, 0.29) is 21.9 Å². The number of rotatable bonds is 6. The van der Waals surface area contributed by atoms with Gasteiger partial charge in [0.15, 0.2) is 0 Å². The average Bonchev–Trinajstić information content (AvgIpc) is 2.70. The van der Waals surface area contributed by atoms with Crippen LogP contribution in [0.3, 0.4) is 0 Å². The van der Waals surface area contributed by atoms with Crippen molar-refractivity contribution in [1.29, 1.82) is 0 Å². The molecule has 0 heterocycles. The molecule has 28 heavy (non-hydrogen) atoms. The van der Waals surface area contributed by atoms with Crippen LogP contribution in [0.2, 0.25) is 0 Å². The van der Waals surface area contributed by atoms with Crippen molar-refractivity contribution in [1.82, 2.24) is 0 Å². The van der Waals surface area contributed by atoms with Gasteiger partial charge in [0.25, 0.3) is 0 Å². The molecule has 0 radical (unpaired) electrons. The van der Waals surface area contributed by atoms with Crippen molar-refractivity contribution in [3.63, 3.8) is 0 Å². The highest BCUT2D eigenvalue weighted by Gasteiger charge is 2.36. The van der Waals surface area contributed by atoms with Crippen molar-refractivity contribution in [2.24, 2.45) is 0 Å². The van der Waals surface area contributed by atoms with E-state index in [4.69, 9.17) is 16.3 Å². The maximum atomic E-state index is 13.0. The van der Waals surface area contributed by atoms with Gasteiger partial charge in [0.1, 0.15) is 16.5 Å². The van der Waals surface area contributed by atoms with Gasteiger partial charge in [-0.3, -0.25) is 19.3 Å². The Hall–Kier alpha value is -2.92. The number of fused-ring (bicyclic) bond motifs is 1. The average molecular weight is 398 g/mol. The third kappa shape index (κ3) is 3.71. The molecular formula is C22H20ClNO4. The maximum absolute atomic E-state index is 13.0. The third-order valence-corrected chi connectivity index (χ3v) is 4.79. The minimum Gasteiger partial charge on any atom is -0.494 e. The second-order valence-corrected chi connectivity index (χ2v) is 6.79. The van der Waals surface area contributed by atoms with E-state index in [1.54, 1.807) is 48.5 Å². The topological polar surface area (TPSA) is 63.7 Å². The van der Waals surface area contributed by atoms with Gasteiger partial charge < -0.3 is 4.74 Å². The Labute approximate surface area is 168 Å². The maximum Gasteiger partial charge on any atom is 0.228 e. The van der Waals surface area contributed by atoms with Gasteiger partial charge >= 0.3 is 0 Å². The standard InChI is InChI=1S/C22H20ClNO4/c1-3-4-13-28-16-11-9-15(10-12-16)24(14(2)25)20-19(23)21(26)17-7-5-6-8-18(17)22(20)27/h5-12H,3-4,13H2,1-2H3. The molecule has 5 nitrogen and oxygen atoms in total. The molecule has 0 unspecified atom stereocenters. The summed E-state index contributed by atoms with van der Waals surface area (Å²) < 4.78 is 5.63. The molecule has 0 bridgehead atoms. The molecule has 1 aliphatic rings. The number of benzene rings is 2. The number of anilines is 1. The number of Topliss-reactive ketones (excluding diaryl/α,β-unsaturated/α-hetero) is 2. The van der Waals surface area contributed by atoms with Gasteiger partial charge in [-0.25, -0.2) is 0 Å². The van der Waals surface area contributed by atoms with E-state index in [1.807, 2.05) is 0 Å². The Kier molecular flexibility index (Phi) is 5.95. The first kappa shape index (κ1) is 19.8. The van der Waals surface area contributed by atoms with Crippen molar-refractivity contribution in [3.05, 3.63) is 70.4 Å². The van der Waals surface area contributed by atoms with Gasteiger partial charge in [-0.05, 0) is 30.7 Å². The number of halogens is 1. The molecule has 144 valence electrons. The lowest BCUT2D eigenvalue weighted by molar-refractivity contribution is -0.116. The van der Waals surface area contributed by atoms with Crippen LogP contribution in [0.5, 0.6) is 5.75 Å². The van der Waals surface area contributed by atoms with Crippen LogP contribution in [0.4, 0.5) is 5.69 Å². The normalized spacial score (nSPS) is 13.4. The molecule has 6 heteroatoms. The molecule has 1 aliphatic carbocycles. The minimum absolute atomic E-state index is 0.127. The van der Waals surface area contributed by atoms with E-state index < -0.39 is 17.5 Å². The quantitative estimate of drug-likeness (QED) is 0.660. The Morgan fingerprint density at radius 2 is 1.61 bits per heavy atom. The summed E-state index contributed by atoms with van der Waals surface area (Å²) in [5.74, 6) is -0.693. The minimum atomic E-state index is -0.474. The summed E-state index contributed by atoms with van der Waals surface area (Å²) in [6.07, 6.45) is 1.97. The van der Waals surface area contributed by atoms with Crippen molar-refractivity contribution in [3.8, 4) is 5.75 Å². The van der Waals surface area contributed by atoms with Crippen LogP contribution in [0.1, 0.15) is 47.4 Å². The van der Waals surface area contributed by atoms with Gasteiger partial charge in [0, 0.05) is 23.7 Å². The van der Waals surface area contributed by atoms with Crippen molar-refractivity contribution >= 4 is 34.8 Å². The molecule has 0 saturated heterocycles. The lowest BCUT2D eigenvalue weighted by Gasteiger charge is -2.27. The fourth-order valence-electron chi connectivity index (χ4n) is 3.03. The van der Waals surface area contributed by atoms with Crippen LogP contribution in [0.15, 0.2) is 59.3 Å². The SMILES string of the molecule is CCCCOc1ccc(N(C(C)=O)C2=C(Cl)C(=O)c3ccccc3C2=O)cc1. The third-order valence-electron chi connectivity index (χ3n) is 4.44. The van der Waals surface area contributed by atoms with Crippen LogP contribution in [-0.4, -0.2) is 24.1 Å². The van der Waals surface area contributed by atoms with E-state index in [0.29, 0.717) is 18.0 Å². The fourth-order valence-corrected chi connectivity index (χ4v) is 3.30. The summed E-state index contributed by atoms with van der Waals surface area (Å²) in [5, 5.41) is -0.262. The summed E-state index contributed by atoms with van der Waals surface area (Å²) in [6.45, 7) is 4.00. The fraction of sp³-hybridized carbons (Fsp3) is 0.227. The summed E-state index contributed by atoms with van der Waals surface area (Å²) in [6, 6.07) is 13.2.